The van der Waals surface area contributed by atoms with Crippen LogP contribution in [0.3, 0.4) is 0 Å². The molecule has 0 aromatic rings. The van der Waals surface area contributed by atoms with Crippen molar-refractivity contribution in [1.82, 2.24) is 5.32 Å². The summed E-state index contributed by atoms with van der Waals surface area (Å²) in [5, 5.41) is 3.43. The lowest BCUT2D eigenvalue weighted by Crippen LogP contribution is -2.28. The number of hydrogen-bond donors (Lipinski definition) is 2. The molecule has 1 aliphatic heterocycles. The largest absolute Gasteiger partial charge is 0.376 e. The molecule has 0 aliphatic carbocycles. The number of hydrogen-bond acceptors (Lipinski definition) is 2. The highest BCUT2D eigenvalue weighted by molar-refractivity contribution is 6.30. The van der Waals surface area contributed by atoms with Gasteiger partial charge in [-0.1, -0.05) is 11.6 Å². The molecule has 0 spiro atoms. The SMILES string of the molecule is NC(=O)C1=CC=C(Cl)CN1. The number of nitrogens with one attached hydrogen (secondary N) is 1. The minimum absolute atomic E-state index is 0.407. The van der Waals surface area contributed by atoms with E-state index in [0.29, 0.717) is 17.3 Å². The zero-order valence-electron chi connectivity index (χ0n) is 5.23. The van der Waals surface area contributed by atoms with Crippen LogP contribution in [0.15, 0.2) is 22.9 Å². The molecule has 0 saturated heterocycles. The predicted molar refractivity (Wildman–Crippen MR) is 39.2 cm³/mol. The first-order chi connectivity index (χ1) is 4.70. The van der Waals surface area contributed by atoms with Crippen LogP contribution >= 0.6 is 11.6 Å². The summed E-state index contributed by atoms with van der Waals surface area (Å²) in [5.41, 5.74) is 5.38. The Kier molecular flexibility index (Phi) is 1.97. The first-order valence-electron chi connectivity index (χ1n) is 2.80. The molecular formula is C6H7ClN2O. The van der Waals surface area contributed by atoms with Gasteiger partial charge in [0.05, 0.1) is 12.2 Å². The third kappa shape index (κ3) is 1.51. The van der Waals surface area contributed by atoms with Crippen LogP contribution in [0.4, 0.5) is 0 Å². The van der Waals surface area contributed by atoms with Gasteiger partial charge in [-0.15, -0.1) is 0 Å². The number of amides is 1. The van der Waals surface area contributed by atoms with Crippen LogP contribution in [-0.2, 0) is 4.79 Å². The highest BCUT2D eigenvalue weighted by Crippen LogP contribution is 2.06. The van der Waals surface area contributed by atoms with Crippen molar-refractivity contribution in [2.45, 2.75) is 0 Å². The number of rotatable bonds is 1. The zero-order valence-corrected chi connectivity index (χ0v) is 5.98. The molecule has 54 valence electrons. The Morgan fingerprint density at radius 1 is 1.70 bits per heavy atom. The average Bonchev–Trinajstić information content (AvgIpc) is 1.88. The van der Waals surface area contributed by atoms with Crippen molar-refractivity contribution < 1.29 is 4.79 Å². The summed E-state index contributed by atoms with van der Waals surface area (Å²) >= 11 is 5.59. The summed E-state index contributed by atoms with van der Waals surface area (Å²) in [6, 6.07) is 0. The van der Waals surface area contributed by atoms with Crippen molar-refractivity contribution in [1.29, 1.82) is 0 Å². The second kappa shape index (κ2) is 2.75. The predicted octanol–water partition coefficient (Wildman–Crippen LogP) is 0.0815. The second-order valence-corrected chi connectivity index (χ2v) is 2.40. The standard InChI is InChI=1S/C6H7ClN2O/c7-4-1-2-5(6(8)10)9-3-4/h1-2,9H,3H2,(H2,8,10). The van der Waals surface area contributed by atoms with Gasteiger partial charge in [-0.2, -0.15) is 0 Å². The number of carbonyl (C=O) groups is 1. The third-order valence-corrected chi connectivity index (χ3v) is 1.40. The van der Waals surface area contributed by atoms with E-state index in [9.17, 15) is 4.79 Å². The van der Waals surface area contributed by atoms with Crippen LogP contribution in [-0.4, -0.2) is 12.5 Å². The minimum Gasteiger partial charge on any atom is -0.376 e. The van der Waals surface area contributed by atoms with Gasteiger partial charge in [0, 0.05) is 5.03 Å². The number of carbonyl (C=O) groups excluding carboxylic acids is 1. The Morgan fingerprint density at radius 3 is 2.80 bits per heavy atom. The molecule has 0 atom stereocenters. The Morgan fingerprint density at radius 2 is 2.40 bits per heavy atom. The fourth-order valence-corrected chi connectivity index (χ4v) is 0.770. The third-order valence-electron chi connectivity index (χ3n) is 1.14. The maximum absolute atomic E-state index is 10.5. The fourth-order valence-electron chi connectivity index (χ4n) is 0.641. The van der Waals surface area contributed by atoms with E-state index in [-0.39, 0.29) is 0 Å². The number of allylic oxidation sites excluding steroid dienone is 2. The molecule has 0 unspecified atom stereocenters. The molecule has 1 heterocycles. The first kappa shape index (κ1) is 7.15. The van der Waals surface area contributed by atoms with Crippen molar-refractivity contribution in [3.63, 3.8) is 0 Å². The van der Waals surface area contributed by atoms with E-state index in [4.69, 9.17) is 17.3 Å². The lowest BCUT2D eigenvalue weighted by molar-refractivity contribution is -0.114. The van der Waals surface area contributed by atoms with E-state index in [1.165, 1.54) is 0 Å². The molecule has 0 fully saturated rings. The van der Waals surface area contributed by atoms with E-state index in [2.05, 4.69) is 5.32 Å². The van der Waals surface area contributed by atoms with Crippen molar-refractivity contribution in [2.24, 2.45) is 5.73 Å². The molecule has 0 bridgehead atoms. The molecule has 3 N–H and O–H groups in total. The number of nitrogens with two attached hydrogens (primary N) is 1. The van der Waals surface area contributed by atoms with Gasteiger partial charge in [-0.25, -0.2) is 0 Å². The Labute approximate surface area is 63.5 Å². The quantitative estimate of drug-likeness (QED) is 0.568. The van der Waals surface area contributed by atoms with Crippen LogP contribution in [0.2, 0.25) is 0 Å². The van der Waals surface area contributed by atoms with Crippen molar-refractivity contribution in [3.05, 3.63) is 22.9 Å². The molecule has 1 aliphatic rings. The molecule has 1 amide bonds. The van der Waals surface area contributed by atoms with Gasteiger partial charge < -0.3 is 11.1 Å². The lowest BCUT2D eigenvalue weighted by atomic mass is 10.3. The Hall–Kier alpha value is -0.960. The maximum Gasteiger partial charge on any atom is 0.264 e. The molecule has 0 aromatic heterocycles. The van der Waals surface area contributed by atoms with Gasteiger partial charge in [0.25, 0.3) is 5.91 Å². The number of primary amides is 1. The maximum atomic E-state index is 10.5. The second-order valence-electron chi connectivity index (χ2n) is 1.91. The monoisotopic (exact) mass is 158 g/mol. The van der Waals surface area contributed by atoms with Crippen LogP contribution in [0.25, 0.3) is 0 Å². The van der Waals surface area contributed by atoms with Gasteiger partial charge in [0.2, 0.25) is 0 Å². The van der Waals surface area contributed by atoms with Gasteiger partial charge in [-0.3, -0.25) is 4.79 Å². The molecule has 0 radical (unpaired) electrons. The molecular weight excluding hydrogens is 152 g/mol. The molecule has 3 nitrogen and oxygen atoms in total. The van der Waals surface area contributed by atoms with Crippen LogP contribution in [0.5, 0.6) is 0 Å². The van der Waals surface area contributed by atoms with Crippen LogP contribution in [0.1, 0.15) is 0 Å². The van der Waals surface area contributed by atoms with Crippen molar-refractivity contribution in [2.75, 3.05) is 6.54 Å². The van der Waals surface area contributed by atoms with Crippen molar-refractivity contribution in [3.8, 4) is 0 Å². The van der Waals surface area contributed by atoms with E-state index in [1.54, 1.807) is 12.2 Å². The van der Waals surface area contributed by atoms with Crippen LogP contribution in [0, 0.1) is 0 Å². The highest BCUT2D eigenvalue weighted by Gasteiger charge is 2.06. The van der Waals surface area contributed by atoms with E-state index in [0.717, 1.165) is 0 Å². The molecule has 10 heavy (non-hydrogen) atoms. The van der Waals surface area contributed by atoms with E-state index >= 15 is 0 Å². The Balaban J connectivity index is 2.74. The molecule has 0 aromatic carbocycles. The van der Waals surface area contributed by atoms with Gasteiger partial charge >= 0.3 is 0 Å². The Bertz CT molecular complexity index is 220. The van der Waals surface area contributed by atoms with Gasteiger partial charge in [0.1, 0.15) is 0 Å². The van der Waals surface area contributed by atoms with Gasteiger partial charge in [0.15, 0.2) is 0 Å². The summed E-state index contributed by atoms with van der Waals surface area (Å²) in [4.78, 5) is 10.5. The first-order valence-corrected chi connectivity index (χ1v) is 3.18. The highest BCUT2D eigenvalue weighted by atomic mass is 35.5. The minimum atomic E-state index is -0.458. The molecule has 4 heteroatoms. The average molecular weight is 159 g/mol. The topological polar surface area (TPSA) is 55.1 Å². The summed E-state index contributed by atoms with van der Waals surface area (Å²) in [5.74, 6) is -0.458. The van der Waals surface area contributed by atoms with Crippen LogP contribution < -0.4 is 11.1 Å². The fraction of sp³-hybridized carbons (Fsp3) is 0.167. The lowest BCUT2D eigenvalue weighted by Gasteiger charge is -2.09. The molecule has 0 saturated carbocycles. The summed E-state index contributed by atoms with van der Waals surface area (Å²) < 4.78 is 0. The smallest absolute Gasteiger partial charge is 0.264 e. The normalized spacial score (nSPS) is 16.9. The van der Waals surface area contributed by atoms with E-state index < -0.39 is 5.91 Å². The van der Waals surface area contributed by atoms with Gasteiger partial charge in [-0.05, 0) is 12.2 Å². The van der Waals surface area contributed by atoms with Crippen molar-refractivity contribution >= 4 is 17.5 Å². The summed E-state index contributed by atoms with van der Waals surface area (Å²) in [7, 11) is 0. The summed E-state index contributed by atoms with van der Waals surface area (Å²) in [6.07, 6.45) is 3.21. The number of halogens is 1. The number of dihydropyridines is 1. The summed E-state index contributed by atoms with van der Waals surface area (Å²) in [6.45, 7) is 0.482. The van der Waals surface area contributed by atoms with E-state index in [1.807, 2.05) is 0 Å². The zero-order chi connectivity index (χ0) is 7.56. The molecule has 1 rings (SSSR count).